The summed E-state index contributed by atoms with van der Waals surface area (Å²) in [5, 5.41) is 71.2. The molecule has 0 saturated carbocycles. The van der Waals surface area contributed by atoms with Crippen LogP contribution >= 0.6 is 12.2 Å². The maximum absolute atomic E-state index is 13.3. The van der Waals surface area contributed by atoms with Gasteiger partial charge >= 0.3 is 0 Å². The summed E-state index contributed by atoms with van der Waals surface area (Å²) in [4.78, 5) is 60.8. The first-order chi connectivity index (χ1) is 26.0. The van der Waals surface area contributed by atoms with E-state index >= 15 is 0 Å². The van der Waals surface area contributed by atoms with Gasteiger partial charge in [0, 0.05) is 23.0 Å². The van der Waals surface area contributed by atoms with Crippen LogP contribution in [-0.2, 0) is 20.0 Å². The lowest BCUT2D eigenvalue weighted by Crippen LogP contribution is -2.65. The number of likely N-dealkylation sites (N-methyl/N-ethyl adjacent to an activating group) is 1. The Morgan fingerprint density at radius 1 is 0.839 bits per heavy atom. The van der Waals surface area contributed by atoms with Crippen molar-refractivity contribution >= 4 is 46.7 Å². The molecule has 6 rings (SSSR count). The molecule has 56 heavy (non-hydrogen) atoms. The van der Waals surface area contributed by atoms with Gasteiger partial charge in [0.1, 0.15) is 22.8 Å². The number of aliphatic hydroxyl groups is 6. The summed E-state index contributed by atoms with van der Waals surface area (Å²) >= 11 is 3.87. The van der Waals surface area contributed by atoms with Crippen LogP contribution in [0.2, 0.25) is 0 Å². The zero-order valence-corrected chi connectivity index (χ0v) is 31.2. The fourth-order valence-corrected chi connectivity index (χ4v) is 6.91. The third-order valence-corrected chi connectivity index (χ3v) is 9.47. The molecular weight excluding hydrogens is 751 g/mol. The van der Waals surface area contributed by atoms with Crippen molar-refractivity contribution in [3.8, 4) is 5.75 Å². The molecule has 3 amide bonds. The molecule has 0 aliphatic heterocycles. The lowest BCUT2D eigenvalue weighted by Gasteiger charge is -2.52. The summed E-state index contributed by atoms with van der Waals surface area (Å²) in [6.45, 7) is 1.40. The normalized spacial score (nSPS) is 23.9. The summed E-state index contributed by atoms with van der Waals surface area (Å²) in [6, 6.07) is 20.4. The van der Waals surface area contributed by atoms with Gasteiger partial charge in [-0.15, -0.1) is 0 Å². The molecule has 3 aromatic carbocycles. The Hall–Kier alpha value is -6.18. The molecule has 6 atom stereocenters. The number of carbonyl (C=O) groups excluding carboxylic acids is 5. The Kier molecular flexibility index (Phi) is 13.8. The van der Waals surface area contributed by atoms with E-state index in [4.69, 9.17) is 27.4 Å². The fourth-order valence-electron chi connectivity index (χ4n) is 6.91. The summed E-state index contributed by atoms with van der Waals surface area (Å²) < 4.78 is 0. The Labute approximate surface area is 325 Å². The van der Waals surface area contributed by atoms with E-state index in [9.17, 15) is 49.5 Å². The molecular formula is C38H43N5O12S. The van der Waals surface area contributed by atoms with E-state index < -0.39 is 92.2 Å². The quantitative estimate of drug-likeness (QED) is 0.124. The Bertz CT molecular complexity index is 2080. The zero-order chi connectivity index (χ0) is 42.4. The smallest absolute Gasteiger partial charge is 0.255 e. The topological polar surface area (TPSA) is 334 Å². The largest absolute Gasteiger partial charge is 0.510 e. The molecule has 298 valence electrons. The average molecular weight is 794 g/mol. The number of amides is 3. The van der Waals surface area contributed by atoms with Gasteiger partial charge in [0.25, 0.3) is 17.0 Å². The number of phenolic OH excluding ortho intramolecular Hbond substituents is 1. The van der Waals surface area contributed by atoms with Crippen molar-refractivity contribution in [3.63, 3.8) is 0 Å². The monoisotopic (exact) mass is 793 g/mol. The minimum absolute atomic E-state index is 0.135. The van der Waals surface area contributed by atoms with Crippen LogP contribution in [-0.4, -0.2) is 101 Å². The molecule has 18 heteroatoms. The van der Waals surface area contributed by atoms with Crippen molar-refractivity contribution in [3.05, 3.63) is 124 Å². The second kappa shape index (κ2) is 17.5. The van der Waals surface area contributed by atoms with Crippen LogP contribution in [0.5, 0.6) is 5.75 Å². The number of rotatable bonds is 5. The number of hydrogen-bond donors (Lipinski definition) is 11. The SMILES string of the molecule is CN(C)[C@@H]1C(O)=C(C(N)=O)C(=O)[C@@]2(O)C(O)=C3C(=O)c4c(O)cccc4[C@@](C)(O)[C@H]3C[C@@H]12.NC(=O)[C@H](O)c1ccccc1.NC(=O)c1ccccc1.NC(O)=S. The van der Waals surface area contributed by atoms with Crippen LogP contribution in [0.25, 0.3) is 0 Å². The van der Waals surface area contributed by atoms with Crippen molar-refractivity contribution in [1.29, 1.82) is 0 Å². The highest BCUT2D eigenvalue weighted by atomic mass is 32.1. The number of hydrogen-bond acceptors (Lipinski definition) is 13. The van der Waals surface area contributed by atoms with Gasteiger partial charge in [-0.25, -0.2) is 0 Å². The number of ketones is 2. The minimum atomic E-state index is -2.75. The standard InChI is InChI=1S/C22H24N2O8.C8H9NO2.C7H7NO.CH3NOS/c1-21(31)8-5-4-6-11(25)12(8)16(26)13-9(21)7-10-15(24(2)3)17(27)14(20(23)30)19(29)22(10,32)18(13)28;9-8(11)7(10)6-4-2-1-3-5-6;8-7(9)6-4-2-1-3-5-6;2-1(3)4/h4-6,9-10,15,25,27-28,31-32H,7H2,1-3H3,(H2,23,30);1-5,7,10H,(H2,9,11);1-5H,(H2,8,9);(H3,2,3,4)/t9-,10-,15-,21+,22-;7-;;/m01../s1. The molecule has 0 bridgehead atoms. The van der Waals surface area contributed by atoms with Crippen molar-refractivity contribution in [2.45, 2.75) is 36.7 Å². The van der Waals surface area contributed by atoms with E-state index in [1.165, 1.54) is 44.1 Å². The Balaban J connectivity index is 0.000000283. The molecule has 3 aliphatic rings. The van der Waals surface area contributed by atoms with Crippen LogP contribution in [0.15, 0.2) is 102 Å². The number of nitrogens with two attached hydrogens (primary N) is 4. The first-order valence-corrected chi connectivity index (χ1v) is 17.0. The van der Waals surface area contributed by atoms with Gasteiger partial charge in [0.2, 0.25) is 11.7 Å². The Morgan fingerprint density at radius 3 is 1.80 bits per heavy atom. The lowest BCUT2D eigenvalue weighted by molar-refractivity contribution is -0.152. The van der Waals surface area contributed by atoms with Crippen LogP contribution in [0.1, 0.15) is 51.3 Å². The van der Waals surface area contributed by atoms with Crippen LogP contribution in [0, 0.1) is 11.8 Å². The van der Waals surface area contributed by atoms with E-state index in [2.05, 4.69) is 18.0 Å². The Morgan fingerprint density at radius 2 is 1.36 bits per heavy atom. The van der Waals surface area contributed by atoms with Gasteiger partial charge in [0.15, 0.2) is 17.5 Å². The molecule has 3 aliphatic carbocycles. The molecule has 0 saturated heterocycles. The van der Waals surface area contributed by atoms with E-state index in [1.54, 1.807) is 54.6 Å². The van der Waals surface area contributed by atoms with Crippen molar-refractivity contribution in [2.24, 2.45) is 34.8 Å². The summed E-state index contributed by atoms with van der Waals surface area (Å²) in [5.41, 5.74) is 14.7. The number of benzene rings is 3. The number of fused-ring (bicyclic) bond motifs is 3. The molecule has 15 N–H and O–H groups in total. The van der Waals surface area contributed by atoms with Crippen molar-refractivity contribution < 1.29 is 59.7 Å². The first-order valence-electron chi connectivity index (χ1n) is 16.6. The molecule has 0 radical (unpaired) electrons. The minimum Gasteiger partial charge on any atom is -0.510 e. The van der Waals surface area contributed by atoms with E-state index in [0.717, 1.165) is 0 Å². The summed E-state index contributed by atoms with van der Waals surface area (Å²) in [6.07, 6.45) is -1.38. The molecule has 0 spiro atoms. The summed E-state index contributed by atoms with van der Waals surface area (Å²) in [7, 11) is 3.06. The molecule has 0 aromatic heterocycles. The van der Waals surface area contributed by atoms with Gasteiger partial charge in [-0.2, -0.15) is 0 Å². The predicted octanol–water partition coefficient (Wildman–Crippen LogP) is 0.564. The molecule has 17 nitrogen and oxygen atoms in total. The van der Waals surface area contributed by atoms with Crippen molar-refractivity contribution in [2.75, 3.05) is 14.1 Å². The molecule has 3 aromatic rings. The number of thiocarbonyl (C=S) groups is 1. The lowest BCUT2D eigenvalue weighted by atomic mass is 9.55. The number of primary amides is 3. The molecule has 0 heterocycles. The van der Waals surface area contributed by atoms with Crippen LogP contribution in [0.3, 0.4) is 0 Å². The predicted molar refractivity (Wildman–Crippen MR) is 205 cm³/mol. The highest BCUT2D eigenvalue weighted by Gasteiger charge is 2.65. The average Bonchev–Trinajstić information content (AvgIpc) is 3.12. The van der Waals surface area contributed by atoms with E-state index in [1.807, 2.05) is 6.07 Å². The number of Topliss-reactive ketones (excluding diaryl/α,β-unsaturated/α-hetero) is 2. The zero-order valence-electron chi connectivity index (χ0n) is 30.4. The highest BCUT2D eigenvalue weighted by molar-refractivity contribution is 7.79. The fraction of sp³-hybridized carbons (Fsp3) is 0.263. The second-order valence-electron chi connectivity index (χ2n) is 13.2. The third-order valence-electron chi connectivity index (χ3n) is 9.47. The van der Waals surface area contributed by atoms with Gasteiger partial charge in [-0.05, 0) is 69.0 Å². The second-order valence-corrected chi connectivity index (χ2v) is 13.7. The maximum Gasteiger partial charge on any atom is 0.255 e. The van der Waals surface area contributed by atoms with Gasteiger partial charge < -0.3 is 58.7 Å². The number of phenols is 1. The highest BCUT2D eigenvalue weighted by Crippen LogP contribution is 2.56. The molecule has 0 fully saturated rings. The van der Waals surface area contributed by atoms with Gasteiger partial charge in [-0.3, -0.25) is 28.9 Å². The van der Waals surface area contributed by atoms with Gasteiger partial charge in [0.05, 0.1) is 17.2 Å². The van der Waals surface area contributed by atoms with Crippen LogP contribution in [0.4, 0.5) is 0 Å². The first kappa shape index (κ1) is 44.2. The third kappa shape index (κ3) is 8.69. The number of carbonyl (C=O) groups is 5. The number of aromatic hydroxyl groups is 1. The number of aliphatic hydroxyl groups excluding tert-OH is 4. The van der Waals surface area contributed by atoms with Crippen LogP contribution < -0.4 is 22.9 Å². The van der Waals surface area contributed by atoms with Gasteiger partial charge in [-0.1, -0.05) is 60.7 Å². The summed E-state index contributed by atoms with van der Waals surface area (Å²) in [5.74, 6) is -9.00. The van der Waals surface area contributed by atoms with E-state index in [-0.39, 0.29) is 23.5 Å². The van der Waals surface area contributed by atoms with Crippen molar-refractivity contribution in [1.82, 2.24) is 4.90 Å². The maximum atomic E-state index is 13.3. The molecule has 0 unspecified atom stereocenters. The number of nitrogens with zero attached hydrogens (tertiary/aromatic N) is 1. The van der Waals surface area contributed by atoms with E-state index in [0.29, 0.717) is 11.1 Å².